The van der Waals surface area contributed by atoms with Gasteiger partial charge in [0.15, 0.2) is 0 Å². The highest BCUT2D eigenvalue weighted by atomic mass is 16.1. The highest BCUT2D eigenvalue weighted by Gasteiger charge is 2.27. The summed E-state index contributed by atoms with van der Waals surface area (Å²) in [7, 11) is 0. The molecule has 0 amide bonds. The summed E-state index contributed by atoms with van der Waals surface area (Å²) >= 11 is 0. The van der Waals surface area contributed by atoms with E-state index in [4.69, 9.17) is 0 Å². The van der Waals surface area contributed by atoms with Gasteiger partial charge in [-0.15, -0.1) is 0 Å². The van der Waals surface area contributed by atoms with Crippen LogP contribution in [0.4, 0.5) is 0 Å². The van der Waals surface area contributed by atoms with Gasteiger partial charge in [0.25, 0.3) is 0 Å². The van der Waals surface area contributed by atoms with Gasteiger partial charge in [-0.25, -0.2) is 0 Å². The normalized spacial score (nSPS) is 11.3. The van der Waals surface area contributed by atoms with Crippen LogP contribution in [0.5, 0.6) is 0 Å². The summed E-state index contributed by atoms with van der Waals surface area (Å²) in [5, 5.41) is 0. The Labute approximate surface area is 79.8 Å². The monoisotopic (exact) mass is 176 g/mol. The summed E-state index contributed by atoms with van der Waals surface area (Å²) in [5.41, 5.74) is 0.762. The zero-order chi connectivity index (χ0) is 9.90. The minimum Gasteiger partial charge on any atom is -0.299 e. The van der Waals surface area contributed by atoms with E-state index in [0.29, 0.717) is 12.2 Å². The Morgan fingerprint density at radius 2 is 1.77 bits per heavy atom. The maximum atomic E-state index is 11.6. The fraction of sp³-hybridized carbons (Fsp3) is 0.417. The number of hydrogen-bond acceptors (Lipinski definition) is 1. The summed E-state index contributed by atoms with van der Waals surface area (Å²) in [6, 6.07) is 9.93. The molecule has 0 radical (unpaired) electrons. The van der Waals surface area contributed by atoms with E-state index in [1.54, 1.807) is 0 Å². The summed E-state index contributed by atoms with van der Waals surface area (Å²) in [4.78, 5) is 11.6. The number of Topliss-reactive ketones (excluding diaryl/α,β-unsaturated/α-hetero) is 1. The quantitative estimate of drug-likeness (QED) is 0.692. The second kappa shape index (κ2) is 3.73. The first kappa shape index (κ1) is 9.97. The molecule has 0 unspecified atom stereocenters. The minimum atomic E-state index is -0.337. The molecule has 0 aliphatic carbocycles. The van der Waals surface area contributed by atoms with Crippen LogP contribution >= 0.6 is 0 Å². The van der Waals surface area contributed by atoms with Crippen LogP contribution in [-0.4, -0.2) is 5.78 Å². The van der Waals surface area contributed by atoms with E-state index >= 15 is 0 Å². The molecular formula is C12H16O. The van der Waals surface area contributed by atoms with Crippen molar-refractivity contribution >= 4 is 5.78 Å². The van der Waals surface area contributed by atoms with E-state index in [1.165, 1.54) is 0 Å². The lowest BCUT2D eigenvalue weighted by Gasteiger charge is -2.22. The Bertz CT molecular complexity index is 285. The van der Waals surface area contributed by atoms with Crippen molar-refractivity contribution in [3.8, 4) is 0 Å². The first-order valence-corrected chi connectivity index (χ1v) is 4.68. The average molecular weight is 176 g/mol. The van der Waals surface area contributed by atoms with Gasteiger partial charge in [-0.05, 0) is 19.4 Å². The lowest BCUT2D eigenvalue weighted by molar-refractivity contribution is -0.123. The van der Waals surface area contributed by atoms with Gasteiger partial charge in [0.1, 0.15) is 5.78 Å². The number of ketones is 1. The first-order chi connectivity index (χ1) is 6.09. The van der Waals surface area contributed by atoms with Crippen LogP contribution in [-0.2, 0) is 10.2 Å². The Hall–Kier alpha value is -1.11. The van der Waals surface area contributed by atoms with E-state index in [2.05, 4.69) is 0 Å². The highest BCUT2D eigenvalue weighted by Crippen LogP contribution is 2.24. The van der Waals surface area contributed by atoms with Crippen LogP contribution in [0.2, 0.25) is 0 Å². The Morgan fingerprint density at radius 3 is 2.23 bits per heavy atom. The van der Waals surface area contributed by atoms with Crippen molar-refractivity contribution in [3.05, 3.63) is 35.9 Å². The molecule has 1 nitrogen and oxygen atoms in total. The molecule has 1 aromatic rings. The number of hydrogen-bond donors (Lipinski definition) is 0. The molecule has 0 saturated heterocycles. The molecule has 1 heteroatoms. The van der Waals surface area contributed by atoms with E-state index < -0.39 is 0 Å². The molecule has 1 rings (SSSR count). The Morgan fingerprint density at radius 1 is 1.23 bits per heavy atom. The van der Waals surface area contributed by atoms with E-state index in [1.807, 2.05) is 51.1 Å². The van der Waals surface area contributed by atoms with E-state index in [0.717, 1.165) is 5.56 Å². The molecule has 0 aromatic heterocycles. The molecular weight excluding hydrogens is 160 g/mol. The van der Waals surface area contributed by atoms with E-state index in [-0.39, 0.29) is 5.41 Å². The average Bonchev–Trinajstić information content (AvgIpc) is 2.18. The fourth-order valence-electron chi connectivity index (χ4n) is 1.46. The molecule has 0 saturated carbocycles. The maximum absolute atomic E-state index is 11.6. The van der Waals surface area contributed by atoms with Gasteiger partial charge in [-0.3, -0.25) is 4.79 Å². The summed E-state index contributed by atoms with van der Waals surface area (Å²) < 4.78 is 0. The largest absolute Gasteiger partial charge is 0.299 e. The minimum absolute atomic E-state index is 0.290. The Balaban J connectivity index is 3.00. The molecule has 13 heavy (non-hydrogen) atoms. The standard InChI is InChI=1S/C12H16O/c1-4-11(13)12(2,3)10-8-6-5-7-9-10/h5-9H,4H2,1-3H3. The van der Waals surface area contributed by atoms with Crippen LogP contribution in [0.1, 0.15) is 32.8 Å². The van der Waals surface area contributed by atoms with Crippen molar-refractivity contribution in [1.82, 2.24) is 0 Å². The first-order valence-electron chi connectivity index (χ1n) is 4.68. The zero-order valence-electron chi connectivity index (χ0n) is 8.50. The number of rotatable bonds is 3. The van der Waals surface area contributed by atoms with Crippen LogP contribution in [0.15, 0.2) is 30.3 Å². The molecule has 1 aromatic carbocycles. The predicted molar refractivity (Wildman–Crippen MR) is 54.8 cm³/mol. The van der Waals surface area contributed by atoms with E-state index in [9.17, 15) is 4.79 Å². The fourth-order valence-corrected chi connectivity index (χ4v) is 1.46. The van der Waals surface area contributed by atoms with Crippen molar-refractivity contribution in [1.29, 1.82) is 0 Å². The van der Waals surface area contributed by atoms with Gasteiger partial charge in [0, 0.05) is 11.8 Å². The van der Waals surface area contributed by atoms with Gasteiger partial charge in [0.2, 0.25) is 0 Å². The third kappa shape index (κ3) is 1.97. The third-order valence-electron chi connectivity index (χ3n) is 2.51. The van der Waals surface area contributed by atoms with Crippen LogP contribution in [0.25, 0.3) is 0 Å². The van der Waals surface area contributed by atoms with Gasteiger partial charge >= 0.3 is 0 Å². The summed E-state index contributed by atoms with van der Waals surface area (Å²) in [5.74, 6) is 0.290. The molecule has 0 atom stereocenters. The predicted octanol–water partition coefficient (Wildman–Crippen LogP) is 2.94. The molecule has 0 N–H and O–H groups in total. The van der Waals surface area contributed by atoms with Crippen LogP contribution in [0.3, 0.4) is 0 Å². The second-order valence-corrected chi connectivity index (χ2v) is 3.77. The summed E-state index contributed by atoms with van der Waals surface area (Å²) in [6.07, 6.45) is 0.599. The Kier molecular flexibility index (Phi) is 2.86. The topological polar surface area (TPSA) is 17.1 Å². The molecule has 70 valence electrons. The van der Waals surface area contributed by atoms with Crippen LogP contribution in [0, 0.1) is 0 Å². The number of carbonyl (C=O) groups is 1. The smallest absolute Gasteiger partial charge is 0.142 e. The van der Waals surface area contributed by atoms with Crippen molar-refractivity contribution in [2.24, 2.45) is 0 Å². The summed E-state index contributed by atoms with van der Waals surface area (Å²) in [6.45, 7) is 5.87. The lowest BCUT2D eigenvalue weighted by Crippen LogP contribution is -2.28. The van der Waals surface area contributed by atoms with Crippen molar-refractivity contribution < 1.29 is 4.79 Å². The highest BCUT2D eigenvalue weighted by molar-refractivity contribution is 5.88. The van der Waals surface area contributed by atoms with Crippen molar-refractivity contribution in [2.75, 3.05) is 0 Å². The van der Waals surface area contributed by atoms with Gasteiger partial charge in [0.05, 0.1) is 0 Å². The molecule has 0 aliphatic heterocycles. The second-order valence-electron chi connectivity index (χ2n) is 3.77. The van der Waals surface area contributed by atoms with Gasteiger partial charge in [-0.1, -0.05) is 37.3 Å². The lowest BCUT2D eigenvalue weighted by atomic mass is 9.80. The molecule has 0 fully saturated rings. The van der Waals surface area contributed by atoms with Crippen molar-refractivity contribution in [3.63, 3.8) is 0 Å². The molecule has 0 aliphatic rings. The molecule has 0 bridgehead atoms. The third-order valence-corrected chi connectivity index (χ3v) is 2.51. The zero-order valence-corrected chi connectivity index (χ0v) is 8.50. The number of benzene rings is 1. The van der Waals surface area contributed by atoms with Crippen molar-refractivity contribution in [2.45, 2.75) is 32.6 Å². The van der Waals surface area contributed by atoms with Crippen LogP contribution < -0.4 is 0 Å². The molecule has 0 spiro atoms. The number of carbonyl (C=O) groups excluding carboxylic acids is 1. The van der Waals surface area contributed by atoms with Gasteiger partial charge in [-0.2, -0.15) is 0 Å². The SMILES string of the molecule is CCC(=O)C(C)(C)c1ccccc1. The maximum Gasteiger partial charge on any atom is 0.142 e. The van der Waals surface area contributed by atoms with Gasteiger partial charge < -0.3 is 0 Å². The molecule has 0 heterocycles.